The van der Waals surface area contributed by atoms with Crippen molar-refractivity contribution in [3.8, 4) is 5.75 Å². The number of nitrogens with zero attached hydrogens (tertiary/aromatic N) is 1. The molecule has 0 aliphatic heterocycles. The van der Waals surface area contributed by atoms with Gasteiger partial charge in [-0.2, -0.15) is 0 Å². The maximum atomic E-state index is 12.2. The zero-order valence-corrected chi connectivity index (χ0v) is 18.9. The van der Waals surface area contributed by atoms with E-state index in [9.17, 15) is 4.79 Å². The molecule has 3 aromatic carbocycles. The van der Waals surface area contributed by atoms with Crippen LogP contribution in [0.1, 0.15) is 47.9 Å². The van der Waals surface area contributed by atoms with Gasteiger partial charge in [0.15, 0.2) is 18.1 Å². The summed E-state index contributed by atoms with van der Waals surface area (Å²) in [5.74, 6) is 1.63. The van der Waals surface area contributed by atoms with E-state index in [0.717, 1.165) is 22.4 Å². The molecule has 164 valence electrons. The molecule has 0 aliphatic rings. The molecule has 0 atom stereocenters. The Morgan fingerprint density at radius 3 is 2.38 bits per heavy atom. The predicted octanol–water partition coefficient (Wildman–Crippen LogP) is 6.18. The molecule has 1 aromatic heterocycles. The maximum absolute atomic E-state index is 12.2. The third kappa shape index (κ3) is 5.17. The number of rotatable bonds is 7. The Bertz CT molecular complexity index is 1180. The van der Waals surface area contributed by atoms with Crippen LogP contribution in [0, 0.1) is 13.8 Å². The first kappa shape index (κ1) is 21.6. The molecule has 0 bridgehead atoms. The number of fused-ring (bicyclic) bond motifs is 1. The zero-order chi connectivity index (χ0) is 22.7. The Morgan fingerprint density at radius 2 is 1.69 bits per heavy atom. The van der Waals surface area contributed by atoms with Gasteiger partial charge in [0, 0.05) is 12.1 Å². The van der Waals surface area contributed by atoms with E-state index in [0.29, 0.717) is 24.0 Å². The lowest BCUT2D eigenvalue weighted by atomic mass is 10.0. The fraction of sp³-hybridized carbons (Fsp3) is 0.259. The van der Waals surface area contributed by atoms with Crippen molar-refractivity contribution in [2.45, 2.75) is 40.0 Å². The summed E-state index contributed by atoms with van der Waals surface area (Å²) in [5.41, 5.74) is 7.11. The normalized spacial score (nSPS) is 11.2. The summed E-state index contributed by atoms with van der Waals surface area (Å²) < 4.78 is 11.5. The lowest BCUT2D eigenvalue weighted by Crippen LogP contribution is -2.20. The minimum atomic E-state index is -0.199. The lowest BCUT2D eigenvalue weighted by Gasteiger charge is -2.10. The van der Waals surface area contributed by atoms with Crippen molar-refractivity contribution in [1.82, 2.24) is 4.98 Å². The molecule has 0 radical (unpaired) electrons. The van der Waals surface area contributed by atoms with Gasteiger partial charge in [0.2, 0.25) is 0 Å². The largest absolute Gasteiger partial charge is 0.484 e. The van der Waals surface area contributed by atoms with Crippen molar-refractivity contribution in [3.05, 3.63) is 88.8 Å². The second kappa shape index (κ2) is 9.27. The molecule has 5 nitrogen and oxygen atoms in total. The standard InChI is InChI=1S/C27H28N2O3/c1-17(2)21-7-11-23(12-8-21)31-16-26(30)28-22-9-5-20(6-10-22)15-27-29-24-13-18(3)19(4)14-25(24)32-27/h5-14,17H,15-16H2,1-4H3,(H,28,30). The number of carbonyl (C=O) groups is 1. The summed E-state index contributed by atoms with van der Waals surface area (Å²) in [5, 5.41) is 2.86. The van der Waals surface area contributed by atoms with Gasteiger partial charge < -0.3 is 14.5 Å². The molecule has 0 saturated carbocycles. The van der Waals surface area contributed by atoms with Gasteiger partial charge in [-0.05, 0) is 78.4 Å². The fourth-order valence-corrected chi connectivity index (χ4v) is 3.48. The van der Waals surface area contributed by atoms with Gasteiger partial charge in [0.05, 0.1) is 0 Å². The smallest absolute Gasteiger partial charge is 0.262 e. The number of aromatic nitrogens is 1. The quantitative estimate of drug-likeness (QED) is 0.382. The van der Waals surface area contributed by atoms with Gasteiger partial charge in [-0.3, -0.25) is 4.79 Å². The molecule has 0 unspecified atom stereocenters. The summed E-state index contributed by atoms with van der Waals surface area (Å²) in [7, 11) is 0. The van der Waals surface area contributed by atoms with Gasteiger partial charge in [-0.1, -0.05) is 38.1 Å². The van der Waals surface area contributed by atoms with Crippen LogP contribution in [0.15, 0.2) is 65.1 Å². The molecule has 32 heavy (non-hydrogen) atoms. The van der Waals surface area contributed by atoms with Crippen LogP contribution in [-0.2, 0) is 11.2 Å². The molecule has 0 aliphatic carbocycles. The van der Waals surface area contributed by atoms with E-state index >= 15 is 0 Å². The van der Waals surface area contributed by atoms with Crippen molar-refractivity contribution in [3.63, 3.8) is 0 Å². The molecular weight excluding hydrogens is 400 g/mol. The second-order valence-corrected chi connectivity index (χ2v) is 8.45. The van der Waals surface area contributed by atoms with E-state index in [1.54, 1.807) is 0 Å². The highest BCUT2D eigenvalue weighted by atomic mass is 16.5. The highest BCUT2D eigenvalue weighted by molar-refractivity contribution is 5.91. The third-order valence-corrected chi connectivity index (χ3v) is 5.56. The van der Waals surface area contributed by atoms with Crippen LogP contribution in [0.2, 0.25) is 0 Å². The number of carbonyl (C=O) groups excluding carboxylic acids is 1. The molecule has 4 aromatic rings. The van der Waals surface area contributed by atoms with Crippen LogP contribution >= 0.6 is 0 Å². The van der Waals surface area contributed by atoms with E-state index in [1.165, 1.54) is 16.7 Å². The number of anilines is 1. The predicted molar refractivity (Wildman–Crippen MR) is 127 cm³/mol. The fourth-order valence-electron chi connectivity index (χ4n) is 3.48. The Morgan fingerprint density at radius 1 is 1.00 bits per heavy atom. The number of aryl methyl sites for hydroxylation is 2. The van der Waals surface area contributed by atoms with Crippen LogP contribution in [0.5, 0.6) is 5.75 Å². The van der Waals surface area contributed by atoms with Crippen LogP contribution < -0.4 is 10.1 Å². The Balaban J connectivity index is 1.31. The molecule has 0 saturated heterocycles. The molecule has 0 spiro atoms. The monoisotopic (exact) mass is 428 g/mol. The van der Waals surface area contributed by atoms with Crippen molar-refractivity contribution in [2.24, 2.45) is 0 Å². The Kier molecular flexibility index (Phi) is 6.26. The van der Waals surface area contributed by atoms with Gasteiger partial charge in [-0.25, -0.2) is 4.98 Å². The number of hydrogen-bond donors (Lipinski definition) is 1. The summed E-state index contributed by atoms with van der Waals surface area (Å²) in [6.07, 6.45) is 0.594. The first-order chi connectivity index (χ1) is 15.4. The molecule has 1 amide bonds. The van der Waals surface area contributed by atoms with Crippen molar-refractivity contribution < 1.29 is 13.9 Å². The van der Waals surface area contributed by atoms with Crippen molar-refractivity contribution in [2.75, 3.05) is 11.9 Å². The number of benzene rings is 3. The van der Waals surface area contributed by atoms with Crippen LogP contribution in [0.3, 0.4) is 0 Å². The first-order valence-corrected chi connectivity index (χ1v) is 10.9. The summed E-state index contributed by atoms with van der Waals surface area (Å²) in [6.45, 7) is 8.39. The van der Waals surface area contributed by atoms with Crippen molar-refractivity contribution in [1.29, 1.82) is 0 Å². The SMILES string of the molecule is Cc1cc2nc(Cc3ccc(NC(=O)COc4ccc(C(C)C)cc4)cc3)oc2cc1C. The maximum Gasteiger partial charge on any atom is 0.262 e. The van der Waals surface area contributed by atoms with Crippen LogP contribution in [0.4, 0.5) is 5.69 Å². The summed E-state index contributed by atoms with van der Waals surface area (Å²) >= 11 is 0. The molecule has 1 N–H and O–H groups in total. The van der Waals surface area contributed by atoms with Gasteiger partial charge in [-0.15, -0.1) is 0 Å². The number of oxazole rings is 1. The highest BCUT2D eigenvalue weighted by Crippen LogP contribution is 2.22. The third-order valence-electron chi connectivity index (χ3n) is 5.56. The van der Waals surface area contributed by atoms with Gasteiger partial charge in [0.1, 0.15) is 11.3 Å². The zero-order valence-electron chi connectivity index (χ0n) is 18.9. The van der Waals surface area contributed by atoms with E-state index in [1.807, 2.05) is 54.6 Å². The topological polar surface area (TPSA) is 64.4 Å². The number of amides is 1. The van der Waals surface area contributed by atoms with Crippen molar-refractivity contribution >= 4 is 22.7 Å². The number of nitrogens with one attached hydrogen (secondary N) is 1. The minimum absolute atomic E-state index is 0.0372. The molecule has 1 heterocycles. The van der Waals surface area contributed by atoms with E-state index in [-0.39, 0.29) is 12.5 Å². The van der Waals surface area contributed by atoms with Crippen LogP contribution in [0.25, 0.3) is 11.1 Å². The van der Waals surface area contributed by atoms with Crippen LogP contribution in [-0.4, -0.2) is 17.5 Å². The molecular formula is C27H28N2O3. The Labute approximate surface area is 188 Å². The summed E-state index contributed by atoms with van der Waals surface area (Å²) in [4.78, 5) is 16.8. The van der Waals surface area contributed by atoms with E-state index in [4.69, 9.17) is 9.15 Å². The average molecular weight is 429 g/mol. The average Bonchev–Trinajstić information content (AvgIpc) is 3.15. The van der Waals surface area contributed by atoms with E-state index in [2.05, 4.69) is 44.1 Å². The van der Waals surface area contributed by atoms with Gasteiger partial charge >= 0.3 is 0 Å². The summed E-state index contributed by atoms with van der Waals surface area (Å²) in [6, 6.07) is 19.6. The molecule has 5 heteroatoms. The molecule has 4 rings (SSSR count). The number of ether oxygens (including phenoxy) is 1. The second-order valence-electron chi connectivity index (χ2n) is 8.45. The van der Waals surface area contributed by atoms with Gasteiger partial charge in [0.25, 0.3) is 5.91 Å². The first-order valence-electron chi connectivity index (χ1n) is 10.9. The Hall–Kier alpha value is -3.60. The number of hydrogen-bond acceptors (Lipinski definition) is 4. The van der Waals surface area contributed by atoms with E-state index < -0.39 is 0 Å². The molecule has 0 fully saturated rings. The lowest BCUT2D eigenvalue weighted by molar-refractivity contribution is -0.118. The minimum Gasteiger partial charge on any atom is -0.484 e. The highest BCUT2D eigenvalue weighted by Gasteiger charge is 2.09.